The number of hydrogen-bond acceptors (Lipinski definition) is 2. The molecule has 0 atom stereocenters. The fourth-order valence-corrected chi connectivity index (χ4v) is 2.09. The van der Waals surface area contributed by atoms with Crippen LogP contribution < -0.4 is 11.1 Å². The van der Waals surface area contributed by atoms with Crippen LogP contribution in [0, 0.1) is 6.92 Å². The van der Waals surface area contributed by atoms with Crippen LogP contribution in [0.3, 0.4) is 0 Å². The summed E-state index contributed by atoms with van der Waals surface area (Å²) < 4.78 is 0. The van der Waals surface area contributed by atoms with Crippen molar-refractivity contribution in [1.82, 2.24) is 0 Å². The van der Waals surface area contributed by atoms with E-state index in [-0.39, 0.29) is 5.91 Å². The summed E-state index contributed by atoms with van der Waals surface area (Å²) in [5.74, 6) is -0.0715. The lowest BCUT2D eigenvalue weighted by Crippen LogP contribution is -2.13. The average Bonchev–Trinajstić information content (AvgIpc) is 2.47. The second kappa shape index (κ2) is 6.87. The van der Waals surface area contributed by atoms with Crippen LogP contribution in [-0.4, -0.2) is 12.5 Å². The second-order valence-electron chi connectivity index (χ2n) is 4.86. The van der Waals surface area contributed by atoms with E-state index in [0.29, 0.717) is 12.1 Å². The van der Waals surface area contributed by atoms with Gasteiger partial charge in [-0.15, -0.1) is 0 Å². The van der Waals surface area contributed by atoms with Crippen molar-refractivity contribution in [3.05, 3.63) is 65.2 Å². The van der Waals surface area contributed by atoms with Crippen molar-refractivity contribution in [1.29, 1.82) is 0 Å². The first-order valence-electron chi connectivity index (χ1n) is 6.86. The van der Waals surface area contributed by atoms with Crippen molar-refractivity contribution < 1.29 is 4.79 Å². The van der Waals surface area contributed by atoms with Gasteiger partial charge in [-0.25, -0.2) is 0 Å². The standard InChI is InChI=1S/C17H20N2O/c1-13-5-2-3-7-16(13)17(20)19-15-10-8-14(9-11-15)6-4-12-18/h2-3,5,7-11H,4,6,12,18H2,1H3,(H,19,20). The Labute approximate surface area is 119 Å². The van der Waals surface area contributed by atoms with Crippen LogP contribution in [0.2, 0.25) is 0 Å². The molecule has 0 radical (unpaired) electrons. The third-order valence-electron chi connectivity index (χ3n) is 3.27. The second-order valence-corrected chi connectivity index (χ2v) is 4.86. The monoisotopic (exact) mass is 268 g/mol. The number of anilines is 1. The molecule has 0 unspecified atom stereocenters. The van der Waals surface area contributed by atoms with E-state index in [1.807, 2.05) is 55.5 Å². The Hall–Kier alpha value is -2.13. The molecule has 2 rings (SSSR count). The molecule has 104 valence electrons. The van der Waals surface area contributed by atoms with Crippen molar-refractivity contribution in [2.24, 2.45) is 5.73 Å². The number of carbonyl (C=O) groups is 1. The van der Waals surface area contributed by atoms with E-state index < -0.39 is 0 Å². The van der Waals surface area contributed by atoms with Gasteiger partial charge in [0, 0.05) is 11.3 Å². The topological polar surface area (TPSA) is 55.1 Å². The van der Waals surface area contributed by atoms with Gasteiger partial charge < -0.3 is 11.1 Å². The van der Waals surface area contributed by atoms with Gasteiger partial charge in [-0.2, -0.15) is 0 Å². The van der Waals surface area contributed by atoms with E-state index in [1.54, 1.807) is 0 Å². The number of hydrogen-bond donors (Lipinski definition) is 2. The maximum atomic E-state index is 12.2. The largest absolute Gasteiger partial charge is 0.330 e. The van der Waals surface area contributed by atoms with Crippen molar-refractivity contribution in [2.45, 2.75) is 19.8 Å². The van der Waals surface area contributed by atoms with Crippen LogP contribution in [0.15, 0.2) is 48.5 Å². The number of rotatable bonds is 5. The normalized spacial score (nSPS) is 10.3. The summed E-state index contributed by atoms with van der Waals surface area (Å²) in [7, 11) is 0. The molecule has 3 heteroatoms. The van der Waals surface area contributed by atoms with E-state index in [1.165, 1.54) is 5.56 Å². The van der Waals surface area contributed by atoms with Crippen molar-refractivity contribution in [3.63, 3.8) is 0 Å². The minimum atomic E-state index is -0.0715. The van der Waals surface area contributed by atoms with Crippen molar-refractivity contribution in [2.75, 3.05) is 11.9 Å². The SMILES string of the molecule is Cc1ccccc1C(=O)Nc1ccc(CCCN)cc1. The summed E-state index contributed by atoms with van der Waals surface area (Å²) in [6, 6.07) is 15.5. The maximum Gasteiger partial charge on any atom is 0.255 e. The smallest absolute Gasteiger partial charge is 0.255 e. The Morgan fingerprint density at radius 2 is 1.80 bits per heavy atom. The summed E-state index contributed by atoms with van der Waals surface area (Å²) in [6.45, 7) is 2.64. The van der Waals surface area contributed by atoms with Gasteiger partial charge in [0.1, 0.15) is 0 Å². The van der Waals surface area contributed by atoms with Crippen LogP contribution >= 0.6 is 0 Å². The highest BCUT2D eigenvalue weighted by Crippen LogP contribution is 2.14. The van der Waals surface area contributed by atoms with Crippen molar-refractivity contribution in [3.8, 4) is 0 Å². The fraction of sp³-hybridized carbons (Fsp3) is 0.235. The molecule has 0 saturated heterocycles. The van der Waals surface area contributed by atoms with Gasteiger partial charge >= 0.3 is 0 Å². The summed E-state index contributed by atoms with van der Waals surface area (Å²) in [5.41, 5.74) is 9.23. The molecule has 1 amide bonds. The molecular weight excluding hydrogens is 248 g/mol. The number of carbonyl (C=O) groups excluding carboxylic acids is 1. The summed E-state index contributed by atoms with van der Waals surface area (Å²) in [4.78, 5) is 12.2. The Bertz CT molecular complexity index is 576. The average molecular weight is 268 g/mol. The molecule has 3 nitrogen and oxygen atoms in total. The molecule has 3 N–H and O–H groups in total. The minimum absolute atomic E-state index is 0.0715. The lowest BCUT2D eigenvalue weighted by atomic mass is 10.1. The van der Waals surface area contributed by atoms with Gasteiger partial charge in [-0.1, -0.05) is 30.3 Å². The van der Waals surface area contributed by atoms with Gasteiger partial charge in [-0.05, 0) is 55.6 Å². The molecule has 0 fully saturated rings. The van der Waals surface area contributed by atoms with Gasteiger partial charge in [0.25, 0.3) is 5.91 Å². The molecule has 0 aromatic heterocycles. The Morgan fingerprint density at radius 1 is 1.10 bits per heavy atom. The first kappa shape index (κ1) is 14.3. The molecule has 2 aromatic rings. The first-order valence-corrected chi connectivity index (χ1v) is 6.86. The number of benzene rings is 2. The molecule has 2 aromatic carbocycles. The zero-order valence-corrected chi connectivity index (χ0v) is 11.7. The van der Waals surface area contributed by atoms with E-state index in [0.717, 1.165) is 24.1 Å². The third kappa shape index (κ3) is 3.68. The predicted octanol–water partition coefficient (Wildman–Crippen LogP) is 3.14. The van der Waals surface area contributed by atoms with Crippen LogP contribution in [0.4, 0.5) is 5.69 Å². The van der Waals surface area contributed by atoms with Crippen LogP contribution in [0.25, 0.3) is 0 Å². The molecule has 0 aliphatic carbocycles. The van der Waals surface area contributed by atoms with Gasteiger partial charge in [0.05, 0.1) is 0 Å². The zero-order valence-electron chi connectivity index (χ0n) is 11.7. The fourth-order valence-electron chi connectivity index (χ4n) is 2.09. The van der Waals surface area contributed by atoms with Gasteiger partial charge in [0.2, 0.25) is 0 Å². The summed E-state index contributed by atoms with van der Waals surface area (Å²) in [6.07, 6.45) is 1.96. The highest BCUT2D eigenvalue weighted by Gasteiger charge is 2.08. The Kier molecular flexibility index (Phi) is 4.91. The van der Waals surface area contributed by atoms with Gasteiger partial charge in [-0.3, -0.25) is 4.79 Å². The van der Waals surface area contributed by atoms with E-state index in [2.05, 4.69) is 5.32 Å². The lowest BCUT2D eigenvalue weighted by Gasteiger charge is -2.08. The minimum Gasteiger partial charge on any atom is -0.330 e. The molecule has 0 aliphatic rings. The quantitative estimate of drug-likeness (QED) is 0.875. The molecule has 0 bridgehead atoms. The van der Waals surface area contributed by atoms with E-state index in [4.69, 9.17) is 5.73 Å². The number of amides is 1. The zero-order chi connectivity index (χ0) is 14.4. The van der Waals surface area contributed by atoms with Crippen LogP contribution in [0.1, 0.15) is 27.9 Å². The Balaban J connectivity index is 2.03. The van der Waals surface area contributed by atoms with Crippen LogP contribution in [-0.2, 0) is 6.42 Å². The Morgan fingerprint density at radius 3 is 2.45 bits per heavy atom. The summed E-state index contributed by atoms with van der Waals surface area (Å²) >= 11 is 0. The highest BCUT2D eigenvalue weighted by atomic mass is 16.1. The summed E-state index contributed by atoms with van der Waals surface area (Å²) in [5, 5.41) is 2.92. The van der Waals surface area contributed by atoms with Crippen LogP contribution in [0.5, 0.6) is 0 Å². The lowest BCUT2D eigenvalue weighted by molar-refractivity contribution is 0.102. The molecule has 0 spiro atoms. The first-order chi connectivity index (χ1) is 9.70. The third-order valence-corrected chi connectivity index (χ3v) is 3.27. The molecular formula is C17H20N2O. The molecule has 0 aliphatic heterocycles. The molecule has 0 heterocycles. The van der Waals surface area contributed by atoms with E-state index in [9.17, 15) is 4.79 Å². The number of nitrogens with one attached hydrogen (secondary N) is 1. The number of nitrogens with two attached hydrogens (primary N) is 1. The number of aryl methyl sites for hydroxylation is 2. The van der Waals surface area contributed by atoms with E-state index >= 15 is 0 Å². The van der Waals surface area contributed by atoms with Gasteiger partial charge in [0.15, 0.2) is 0 Å². The molecule has 0 saturated carbocycles. The predicted molar refractivity (Wildman–Crippen MR) is 82.9 cm³/mol. The maximum absolute atomic E-state index is 12.2. The highest BCUT2D eigenvalue weighted by molar-refractivity contribution is 6.05. The molecule has 20 heavy (non-hydrogen) atoms. The van der Waals surface area contributed by atoms with Crippen molar-refractivity contribution >= 4 is 11.6 Å².